The number of aliphatic hydroxyl groups excluding tert-OH is 1. The van der Waals surface area contributed by atoms with Gasteiger partial charge in [0.2, 0.25) is 0 Å². The van der Waals surface area contributed by atoms with Crippen LogP contribution in [0.5, 0.6) is 0 Å². The van der Waals surface area contributed by atoms with Gasteiger partial charge in [0, 0.05) is 25.8 Å². The summed E-state index contributed by atoms with van der Waals surface area (Å²) in [6.45, 7) is 3.86. The molecule has 1 saturated heterocycles. The third-order valence-corrected chi connectivity index (χ3v) is 3.10. The van der Waals surface area contributed by atoms with Gasteiger partial charge in [-0.15, -0.1) is 0 Å². The Hall–Kier alpha value is -1.62. The molecule has 1 aromatic heterocycles. The molecular formula is C13H19N3O2. The third kappa shape index (κ3) is 2.79. The zero-order valence-electron chi connectivity index (χ0n) is 10.6. The van der Waals surface area contributed by atoms with Crippen LogP contribution in [0.4, 0.5) is 5.69 Å². The maximum absolute atomic E-state index is 12.4. The zero-order chi connectivity index (χ0) is 13.0. The molecule has 0 saturated carbocycles. The third-order valence-electron chi connectivity index (χ3n) is 3.10. The van der Waals surface area contributed by atoms with Gasteiger partial charge in [-0.1, -0.05) is 0 Å². The number of aliphatic hydroxyl groups is 1. The SMILES string of the molecule is CCNc1cnccc1C(=O)N1CCCC(O)C1. The van der Waals surface area contributed by atoms with Crippen LogP contribution in [-0.4, -0.2) is 46.6 Å². The maximum atomic E-state index is 12.4. The first kappa shape index (κ1) is 12.8. The first-order valence-corrected chi connectivity index (χ1v) is 6.37. The van der Waals surface area contributed by atoms with Crippen LogP contribution in [0.1, 0.15) is 30.1 Å². The van der Waals surface area contributed by atoms with Gasteiger partial charge < -0.3 is 15.3 Å². The van der Waals surface area contributed by atoms with Crippen LogP contribution in [0.2, 0.25) is 0 Å². The Kier molecular flexibility index (Phi) is 4.15. The van der Waals surface area contributed by atoms with Crippen molar-refractivity contribution in [1.29, 1.82) is 0 Å². The predicted molar refractivity (Wildman–Crippen MR) is 69.5 cm³/mol. The predicted octanol–water partition coefficient (Wildman–Crippen LogP) is 1.11. The number of β-amino-alcohol motifs (C(OH)–C–C–N with tert-alkyl or cyclic N) is 1. The van der Waals surface area contributed by atoms with Gasteiger partial charge in [0.25, 0.3) is 5.91 Å². The summed E-state index contributed by atoms with van der Waals surface area (Å²) in [5.74, 6) is -0.0351. The molecule has 0 aromatic carbocycles. The van der Waals surface area contributed by atoms with E-state index >= 15 is 0 Å². The van der Waals surface area contributed by atoms with Gasteiger partial charge in [-0.25, -0.2) is 0 Å². The number of rotatable bonds is 3. The summed E-state index contributed by atoms with van der Waals surface area (Å²) in [4.78, 5) is 18.1. The van der Waals surface area contributed by atoms with E-state index in [4.69, 9.17) is 0 Å². The fraction of sp³-hybridized carbons (Fsp3) is 0.538. The molecule has 1 aromatic rings. The van der Waals surface area contributed by atoms with Crippen molar-refractivity contribution in [2.75, 3.05) is 25.0 Å². The molecule has 2 N–H and O–H groups in total. The molecule has 5 nitrogen and oxygen atoms in total. The Labute approximate surface area is 107 Å². The lowest BCUT2D eigenvalue weighted by Crippen LogP contribution is -2.42. The van der Waals surface area contributed by atoms with Crippen LogP contribution < -0.4 is 5.32 Å². The van der Waals surface area contributed by atoms with E-state index in [9.17, 15) is 9.90 Å². The smallest absolute Gasteiger partial charge is 0.256 e. The molecule has 2 rings (SSSR count). The van der Waals surface area contributed by atoms with Crippen molar-refractivity contribution in [2.24, 2.45) is 0 Å². The van der Waals surface area contributed by atoms with Gasteiger partial charge in [0.1, 0.15) is 0 Å². The van der Waals surface area contributed by atoms with E-state index in [2.05, 4.69) is 10.3 Å². The molecule has 1 fully saturated rings. The Balaban J connectivity index is 2.17. The fourth-order valence-electron chi connectivity index (χ4n) is 2.22. The number of hydrogen-bond donors (Lipinski definition) is 2. The second kappa shape index (κ2) is 5.82. The number of carbonyl (C=O) groups is 1. The summed E-state index contributed by atoms with van der Waals surface area (Å²) < 4.78 is 0. The number of hydrogen-bond acceptors (Lipinski definition) is 4. The molecule has 1 unspecified atom stereocenters. The number of pyridine rings is 1. The Morgan fingerprint density at radius 3 is 3.22 bits per heavy atom. The summed E-state index contributed by atoms with van der Waals surface area (Å²) in [5.41, 5.74) is 1.38. The van der Waals surface area contributed by atoms with Gasteiger partial charge in [0.15, 0.2) is 0 Å². The topological polar surface area (TPSA) is 65.5 Å². The van der Waals surface area contributed by atoms with Crippen LogP contribution in [0.25, 0.3) is 0 Å². The van der Waals surface area contributed by atoms with Crippen LogP contribution in [0.3, 0.4) is 0 Å². The molecule has 1 amide bonds. The molecular weight excluding hydrogens is 230 g/mol. The number of carbonyl (C=O) groups excluding carboxylic acids is 1. The van der Waals surface area contributed by atoms with Crippen molar-refractivity contribution in [3.8, 4) is 0 Å². The summed E-state index contributed by atoms with van der Waals surface area (Å²) in [7, 11) is 0. The minimum absolute atomic E-state index is 0.0351. The molecule has 1 aliphatic heterocycles. The van der Waals surface area contributed by atoms with Crippen LogP contribution in [-0.2, 0) is 0 Å². The quantitative estimate of drug-likeness (QED) is 0.842. The second-order valence-corrected chi connectivity index (χ2v) is 4.50. The van der Waals surface area contributed by atoms with E-state index in [0.29, 0.717) is 18.7 Å². The average molecular weight is 249 g/mol. The molecule has 0 bridgehead atoms. The normalized spacial score (nSPS) is 19.7. The van der Waals surface area contributed by atoms with E-state index in [-0.39, 0.29) is 5.91 Å². The maximum Gasteiger partial charge on any atom is 0.256 e. The second-order valence-electron chi connectivity index (χ2n) is 4.50. The van der Waals surface area contributed by atoms with Gasteiger partial charge in [-0.2, -0.15) is 0 Å². The molecule has 98 valence electrons. The van der Waals surface area contributed by atoms with E-state index < -0.39 is 6.10 Å². The largest absolute Gasteiger partial charge is 0.391 e. The van der Waals surface area contributed by atoms with Crippen molar-refractivity contribution in [1.82, 2.24) is 9.88 Å². The highest BCUT2D eigenvalue weighted by Crippen LogP contribution is 2.19. The minimum atomic E-state index is -0.396. The number of aromatic nitrogens is 1. The Bertz CT molecular complexity index is 422. The lowest BCUT2D eigenvalue weighted by Gasteiger charge is -2.30. The van der Waals surface area contributed by atoms with Crippen molar-refractivity contribution in [3.05, 3.63) is 24.0 Å². The Morgan fingerprint density at radius 2 is 2.50 bits per heavy atom. The van der Waals surface area contributed by atoms with Gasteiger partial charge in [-0.3, -0.25) is 9.78 Å². The number of likely N-dealkylation sites (tertiary alicyclic amines) is 1. The van der Waals surface area contributed by atoms with E-state index in [0.717, 1.165) is 25.1 Å². The summed E-state index contributed by atoms with van der Waals surface area (Å²) in [6.07, 6.45) is 4.52. The van der Waals surface area contributed by atoms with Crippen molar-refractivity contribution >= 4 is 11.6 Å². The van der Waals surface area contributed by atoms with Crippen LogP contribution in [0, 0.1) is 0 Å². The number of anilines is 1. The molecule has 1 atom stereocenters. The first-order chi connectivity index (χ1) is 8.72. The van der Waals surface area contributed by atoms with Gasteiger partial charge >= 0.3 is 0 Å². The molecule has 0 aliphatic carbocycles. The highest BCUT2D eigenvalue weighted by molar-refractivity contribution is 5.99. The van der Waals surface area contributed by atoms with Crippen molar-refractivity contribution < 1.29 is 9.90 Å². The number of nitrogens with one attached hydrogen (secondary N) is 1. The average Bonchev–Trinajstić information content (AvgIpc) is 2.39. The van der Waals surface area contributed by atoms with Gasteiger partial charge in [0.05, 0.1) is 23.6 Å². The van der Waals surface area contributed by atoms with E-state index in [1.807, 2.05) is 6.92 Å². The molecule has 1 aliphatic rings. The monoisotopic (exact) mass is 249 g/mol. The van der Waals surface area contributed by atoms with Crippen LogP contribution in [0.15, 0.2) is 18.5 Å². The highest BCUT2D eigenvalue weighted by Gasteiger charge is 2.24. The number of nitrogens with zero attached hydrogens (tertiary/aromatic N) is 2. The van der Waals surface area contributed by atoms with Crippen LogP contribution >= 0.6 is 0 Å². The number of amides is 1. The lowest BCUT2D eigenvalue weighted by atomic mass is 10.1. The van der Waals surface area contributed by atoms with E-state index in [1.165, 1.54) is 0 Å². The molecule has 0 spiro atoms. The summed E-state index contributed by atoms with van der Waals surface area (Å²) in [5, 5.41) is 12.8. The molecule has 0 radical (unpaired) electrons. The molecule has 2 heterocycles. The molecule has 5 heteroatoms. The van der Waals surface area contributed by atoms with E-state index in [1.54, 1.807) is 23.4 Å². The van der Waals surface area contributed by atoms with Gasteiger partial charge in [-0.05, 0) is 25.8 Å². The highest BCUT2D eigenvalue weighted by atomic mass is 16.3. The standard InChI is InChI=1S/C13H19N3O2/c1-2-15-12-8-14-6-5-11(12)13(18)16-7-3-4-10(17)9-16/h5-6,8,10,15,17H,2-4,7,9H2,1H3. The van der Waals surface area contributed by atoms with Crippen molar-refractivity contribution in [3.63, 3.8) is 0 Å². The van der Waals surface area contributed by atoms with Crippen molar-refractivity contribution in [2.45, 2.75) is 25.9 Å². The summed E-state index contributed by atoms with van der Waals surface area (Å²) >= 11 is 0. The first-order valence-electron chi connectivity index (χ1n) is 6.37. The summed E-state index contributed by atoms with van der Waals surface area (Å²) in [6, 6.07) is 1.72. The Morgan fingerprint density at radius 1 is 1.67 bits per heavy atom. The minimum Gasteiger partial charge on any atom is -0.391 e. The number of piperidine rings is 1. The zero-order valence-corrected chi connectivity index (χ0v) is 10.6. The molecule has 18 heavy (non-hydrogen) atoms. The fourth-order valence-corrected chi connectivity index (χ4v) is 2.22. The lowest BCUT2D eigenvalue weighted by molar-refractivity contribution is 0.0474.